The molecule has 7 nitrogen and oxygen atoms in total. The van der Waals surface area contributed by atoms with Crippen LogP contribution in [-0.2, 0) is 19.6 Å². The lowest BCUT2D eigenvalue weighted by molar-refractivity contribution is -0.138. The highest BCUT2D eigenvalue weighted by atomic mass is 32.2. The molecule has 2 aromatic carbocycles. The van der Waals surface area contributed by atoms with Gasteiger partial charge in [0.05, 0.1) is 22.9 Å². The number of halogens is 1. The van der Waals surface area contributed by atoms with Crippen LogP contribution in [0.4, 0.5) is 15.8 Å². The third-order valence-electron chi connectivity index (χ3n) is 3.28. The molecular formula is C18H16FN3O4S. The van der Waals surface area contributed by atoms with E-state index in [0.29, 0.717) is 5.69 Å². The molecular weight excluding hydrogens is 373 g/mol. The second-order valence-corrected chi connectivity index (χ2v) is 6.82. The number of carbonyl (C=O) groups is 1. The summed E-state index contributed by atoms with van der Waals surface area (Å²) < 4.78 is 45.0. The first kappa shape index (κ1) is 19.9. The number of sulfonamides is 1. The van der Waals surface area contributed by atoms with Crippen LogP contribution in [0.1, 0.15) is 6.92 Å². The molecule has 0 aliphatic heterocycles. The fraction of sp³-hybridized carbons (Fsp3) is 0.111. The van der Waals surface area contributed by atoms with Crippen LogP contribution in [0.2, 0.25) is 0 Å². The van der Waals surface area contributed by atoms with Gasteiger partial charge in [-0.15, -0.1) is 0 Å². The molecule has 0 saturated heterocycles. The van der Waals surface area contributed by atoms with Crippen molar-refractivity contribution < 1.29 is 22.3 Å². The molecule has 0 bridgehead atoms. The van der Waals surface area contributed by atoms with Crippen molar-refractivity contribution in [3.8, 4) is 6.07 Å². The Morgan fingerprint density at radius 3 is 2.41 bits per heavy atom. The number of carbonyl (C=O) groups excluding carboxylic acids is 1. The Hall–Kier alpha value is -3.38. The van der Waals surface area contributed by atoms with Crippen LogP contribution in [0.15, 0.2) is 65.2 Å². The third kappa shape index (κ3) is 5.29. The number of nitrogens with zero attached hydrogens (tertiary/aromatic N) is 1. The van der Waals surface area contributed by atoms with Gasteiger partial charge in [0.2, 0.25) is 0 Å². The summed E-state index contributed by atoms with van der Waals surface area (Å²) in [5, 5.41) is 11.7. The summed E-state index contributed by atoms with van der Waals surface area (Å²) >= 11 is 0. The highest BCUT2D eigenvalue weighted by molar-refractivity contribution is 7.92. The van der Waals surface area contributed by atoms with Gasteiger partial charge in [0, 0.05) is 6.20 Å². The number of anilines is 2. The second kappa shape index (κ2) is 8.82. The van der Waals surface area contributed by atoms with E-state index in [4.69, 9.17) is 10.00 Å². The number of ether oxygens (including phenoxy) is 1. The predicted octanol–water partition coefficient (Wildman–Crippen LogP) is 3.01. The van der Waals surface area contributed by atoms with Gasteiger partial charge in [-0.3, -0.25) is 4.72 Å². The third-order valence-corrected chi connectivity index (χ3v) is 4.66. The van der Waals surface area contributed by atoms with Gasteiger partial charge in [-0.1, -0.05) is 12.1 Å². The number of para-hydroxylation sites is 2. The summed E-state index contributed by atoms with van der Waals surface area (Å²) in [6, 6.07) is 12.4. The number of nitrogens with one attached hydrogen (secondary N) is 2. The highest BCUT2D eigenvalue weighted by Crippen LogP contribution is 2.24. The van der Waals surface area contributed by atoms with Crippen LogP contribution in [0.5, 0.6) is 0 Å². The monoisotopic (exact) mass is 389 g/mol. The average Bonchev–Trinajstić information content (AvgIpc) is 2.64. The standard InChI is InChI=1S/C18H16FN3O4S/c1-2-26-18(23)13(11-20)12-21-16-5-3-4-6-17(16)22-27(24,25)15-9-7-14(19)8-10-15/h3-10,12,21-22H,2H2,1H3/b13-12+. The van der Waals surface area contributed by atoms with Crippen molar-refractivity contribution in [2.75, 3.05) is 16.6 Å². The summed E-state index contributed by atoms with van der Waals surface area (Å²) in [7, 11) is -3.96. The van der Waals surface area contributed by atoms with Gasteiger partial charge >= 0.3 is 5.97 Å². The lowest BCUT2D eigenvalue weighted by atomic mass is 10.2. The van der Waals surface area contributed by atoms with Crippen LogP contribution in [0.3, 0.4) is 0 Å². The summed E-state index contributed by atoms with van der Waals surface area (Å²) in [4.78, 5) is 11.5. The molecule has 2 rings (SSSR count). The largest absolute Gasteiger partial charge is 0.462 e. The van der Waals surface area contributed by atoms with Gasteiger partial charge in [-0.05, 0) is 43.3 Å². The average molecular weight is 389 g/mol. The molecule has 0 unspecified atom stereocenters. The van der Waals surface area contributed by atoms with E-state index in [-0.39, 0.29) is 22.8 Å². The molecule has 0 radical (unpaired) electrons. The highest BCUT2D eigenvalue weighted by Gasteiger charge is 2.16. The van der Waals surface area contributed by atoms with Crippen molar-refractivity contribution in [3.05, 3.63) is 66.1 Å². The Balaban J connectivity index is 2.26. The lowest BCUT2D eigenvalue weighted by Crippen LogP contribution is -2.14. The SMILES string of the molecule is CCOC(=O)/C(C#N)=C/Nc1ccccc1NS(=O)(=O)c1ccc(F)cc1. The van der Waals surface area contributed by atoms with Crippen LogP contribution < -0.4 is 10.0 Å². The molecule has 0 fully saturated rings. The maximum absolute atomic E-state index is 13.0. The molecule has 9 heteroatoms. The molecule has 2 aromatic rings. The van der Waals surface area contributed by atoms with E-state index in [2.05, 4.69) is 10.0 Å². The van der Waals surface area contributed by atoms with Gasteiger partial charge in [-0.25, -0.2) is 17.6 Å². The van der Waals surface area contributed by atoms with Crippen molar-refractivity contribution in [3.63, 3.8) is 0 Å². The Morgan fingerprint density at radius 1 is 1.19 bits per heavy atom. The lowest BCUT2D eigenvalue weighted by Gasteiger charge is -2.12. The zero-order chi connectivity index (χ0) is 19.9. The van der Waals surface area contributed by atoms with Crippen molar-refractivity contribution in [1.29, 1.82) is 5.26 Å². The first-order valence-corrected chi connectivity index (χ1v) is 9.27. The number of hydrogen-bond acceptors (Lipinski definition) is 6. The van der Waals surface area contributed by atoms with Gasteiger partial charge in [0.15, 0.2) is 5.57 Å². The topological polar surface area (TPSA) is 108 Å². The van der Waals surface area contributed by atoms with E-state index in [1.165, 1.54) is 6.07 Å². The van der Waals surface area contributed by atoms with Crippen LogP contribution in [0.25, 0.3) is 0 Å². The van der Waals surface area contributed by atoms with E-state index < -0.39 is 21.8 Å². The predicted molar refractivity (Wildman–Crippen MR) is 97.6 cm³/mol. The molecule has 0 aromatic heterocycles. The Kier molecular flexibility index (Phi) is 6.51. The van der Waals surface area contributed by atoms with Gasteiger partial charge < -0.3 is 10.1 Å². The number of rotatable bonds is 7. The number of nitriles is 1. The summed E-state index contributed by atoms with van der Waals surface area (Å²) in [6.45, 7) is 1.73. The van der Waals surface area contributed by atoms with Crippen LogP contribution in [-0.4, -0.2) is 21.0 Å². The van der Waals surface area contributed by atoms with E-state index in [0.717, 1.165) is 30.5 Å². The Morgan fingerprint density at radius 2 is 1.81 bits per heavy atom. The molecule has 0 amide bonds. The quantitative estimate of drug-likeness (QED) is 0.428. The van der Waals surface area contributed by atoms with Gasteiger partial charge in [-0.2, -0.15) is 5.26 Å². The number of esters is 1. The minimum Gasteiger partial charge on any atom is -0.462 e. The molecule has 0 aliphatic rings. The van der Waals surface area contributed by atoms with Crippen molar-refractivity contribution in [2.45, 2.75) is 11.8 Å². The summed E-state index contributed by atoms with van der Waals surface area (Å²) in [5.41, 5.74) is 0.215. The Labute approximate surface area is 156 Å². The second-order valence-electron chi connectivity index (χ2n) is 5.14. The van der Waals surface area contributed by atoms with E-state index in [1.807, 2.05) is 0 Å². The van der Waals surface area contributed by atoms with Crippen molar-refractivity contribution >= 4 is 27.4 Å². The van der Waals surface area contributed by atoms with Crippen molar-refractivity contribution in [2.24, 2.45) is 0 Å². The Bertz CT molecular complexity index is 996. The molecule has 0 aliphatic carbocycles. The first-order chi connectivity index (χ1) is 12.9. The van der Waals surface area contributed by atoms with E-state index in [9.17, 15) is 17.6 Å². The molecule has 0 saturated carbocycles. The van der Waals surface area contributed by atoms with E-state index in [1.54, 1.807) is 31.2 Å². The minimum absolute atomic E-state index is 0.113. The van der Waals surface area contributed by atoms with Gasteiger partial charge in [0.25, 0.3) is 10.0 Å². The van der Waals surface area contributed by atoms with Gasteiger partial charge in [0.1, 0.15) is 11.9 Å². The molecule has 0 atom stereocenters. The summed E-state index contributed by atoms with van der Waals surface area (Å²) in [6.07, 6.45) is 1.13. The first-order valence-electron chi connectivity index (χ1n) is 7.78. The fourth-order valence-corrected chi connectivity index (χ4v) is 3.09. The maximum atomic E-state index is 13.0. The smallest absolute Gasteiger partial charge is 0.350 e. The van der Waals surface area contributed by atoms with Crippen LogP contribution >= 0.6 is 0 Å². The van der Waals surface area contributed by atoms with E-state index >= 15 is 0 Å². The summed E-state index contributed by atoms with van der Waals surface area (Å²) in [5.74, 6) is -1.35. The molecule has 0 spiro atoms. The molecule has 140 valence electrons. The fourth-order valence-electron chi connectivity index (χ4n) is 2.01. The molecule has 27 heavy (non-hydrogen) atoms. The zero-order valence-electron chi connectivity index (χ0n) is 14.3. The maximum Gasteiger partial charge on any atom is 0.350 e. The van der Waals surface area contributed by atoms with Crippen molar-refractivity contribution in [1.82, 2.24) is 0 Å². The molecule has 2 N–H and O–H groups in total. The number of hydrogen-bond donors (Lipinski definition) is 2. The number of benzene rings is 2. The zero-order valence-corrected chi connectivity index (χ0v) is 15.1. The minimum atomic E-state index is -3.96. The van der Waals surface area contributed by atoms with Crippen LogP contribution in [0, 0.1) is 17.1 Å². The normalized spacial score (nSPS) is 11.4. The molecule has 0 heterocycles.